The zero-order valence-electron chi connectivity index (χ0n) is 10.6. The first-order valence-corrected chi connectivity index (χ1v) is 6.66. The van der Waals surface area contributed by atoms with E-state index in [1.54, 1.807) is 0 Å². The number of ether oxygens (including phenoxy) is 2. The first-order chi connectivity index (χ1) is 8.07. The zero-order valence-corrected chi connectivity index (χ0v) is 10.6. The minimum atomic E-state index is -0.171. The highest BCUT2D eigenvalue weighted by Gasteiger charge is 2.47. The molecule has 2 heterocycles. The van der Waals surface area contributed by atoms with Crippen LogP contribution in [0, 0.1) is 5.92 Å². The predicted molar refractivity (Wildman–Crippen MR) is 62.8 cm³/mol. The van der Waals surface area contributed by atoms with E-state index in [4.69, 9.17) is 9.47 Å². The number of carbonyl (C=O) groups excluding carboxylic acids is 1. The van der Waals surface area contributed by atoms with Crippen molar-refractivity contribution < 1.29 is 14.3 Å². The third kappa shape index (κ3) is 2.15. The van der Waals surface area contributed by atoms with E-state index in [1.807, 2.05) is 11.8 Å². The summed E-state index contributed by atoms with van der Waals surface area (Å²) in [6.45, 7) is 5.62. The lowest BCUT2D eigenvalue weighted by atomic mass is 9.87. The molecule has 4 nitrogen and oxygen atoms in total. The highest BCUT2D eigenvalue weighted by Crippen LogP contribution is 2.40. The van der Waals surface area contributed by atoms with Gasteiger partial charge in [0.25, 0.3) is 0 Å². The lowest BCUT2D eigenvalue weighted by molar-refractivity contribution is -0.0824. The average molecular weight is 239 g/mol. The van der Waals surface area contributed by atoms with Gasteiger partial charge in [-0.1, -0.05) is 6.92 Å². The molecule has 96 valence electrons. The number of piperidine rings is 1. The number of fused-ring (bicyclic) bond motifs is 2. The number of amides is 1. The molecule has 1 aliphatic carbocycles. The minimum Gasteiger partial charge on any atom is -0.443 e. The Morgan fingerprint density at radius 1 is 1.29 bits per heavy atom. The fourth-order valence-electron chi connectivity index (χ4n) is 3.03. The van der Waals surface area contributed by atoms with Gasteiger partial charge in [0.05, 0.1) is 25.3 Å². The Hall–Kier alpha value is -0.770. The first-order valence-electron chi connectivity index (χ1n) is 6.66. The van der Waals surface area contributed by atoms with Gasteiger partial charge in [0.15, 0.2) is 0 Å². The van der Waals surface area contributed by atoms with E-state index >= 15 is 0 Å². The molecular weight excluding hydrogens is 218 g/mol. The van der Waals surface area contributed by atoms with Crippen molar-refractivity contribution in [3.63, 3.8) is 0 Å². The van der Waals surface area contributed by atoms with Crippen LogP contribution in [0.3, 0.4) is 0 Å². The molecule has 0 aromatic rings. The van der Waals surface area contributed by atoms with Crippen LogP contribution in [0.15, 0.2) is 0 Å². The maximum atomic E-state index is 12.2. The smallest absolute Gasteiger partial charge is 0.410 e. The van der Waals surface area contributed by atoms with Gasteiger partial charge >= 0.3 is 6.09 Å². The Morgan fingerprint density at radius 3 is 2.41 bits per heavy atom. The van der Waals surface area contributed by atoms with Crippen molar-refractivity contribution in [1.82, 2.24) is 4.90 Å². The van der Waals surface area contributed by atoms with Gasteiger partial charge in [-0.2, -0.15) is 0 Å². The van der Waals surface area contributed by atoms with E-state index in [-0.39, 0.29) is 23.8 Å². The monoisotopic (exact) mass is 239 g/mol. The number of hydrogen-bond donors (Lipinski definition) is 0. The quantitative estimate of drug-likeness (QED) is 0.704. The molecular formula is C13H21NO3. The summed E-state index contributed by atoms with van der Waals surface area (Å²) in [5.41, 5.74) is -0.171. The van der Waals surface area contributed by atoms with Crippen molar-refractivity contribution in [2.45, 2.75) is 57.2 Å². The molecule has 3 rings (SSSR count). The van der Waals surface area contributed by atoms with Gasteiger partial charge in [0, 0.05) is 0 Å². The summed E-state index contributed by atoms with van der Waals surface area (Å²) in [7, 11) is 0. The molecule has 4 heteroatoms. The third-order valence-corrected chi connectivity index (χ3v) is 4.25. The second-order valence-corrected chi connectivity index (χ2v) is 6.15. The lowest BCUT2D eigenvalue weighted by Crippen LogP contribution is -2.59. The van der Waals surface area contributed by atoms with Crippen LogP contribution in [-0.4, -0.2) is 41.9 Å². The van der Waals surface area contributed by atoms with Crippen LogP contribution in [0.25, 0.3) is 0 Å². The standard InChI is InChI=1S/C13H21NO3/c1-9-5-10-7-16-8-11(6-9)14(10)12(15)17-13(2)3-4-13/h9-11H,3-8H2,1-2H3. The molecule has 0 aromatic heterocycles. The maximum Gasteiger partial charge on any atom is 0.410 e. The molecule has 2 aliphatic heterocycles. The van der Waals surface area contributed by atoms with Crippen molar-refractivity contribution in [2.24, 2.45) is 5.92 Å². The second kappa shape index (κ2) is 3.87. The van der Waals surface area contributed by atoms with Crippen LogP contribution in [-0.2, 0) is 9.47 Å². The van der Waals surface area contributed by atoms with Crippen molar-refractivity contribution >= 4 is 6.09 Å². The Labute approximate surface area is 102 Å². The van der Waals surface area contributed by atoms with Crippen LogP contribution < -0.4 is 0 Å². The lowest BCUT2D eigenvalue weighted by Gasteiger charge is -2.47. The Balaban J connectivity index is 1.70. The van der Waals surface area contributed by atoms with Crippen molar-refractivity contribution in [1.29, 1.82) is 0 Å². The van der Waals surface area contributed by atoms with Crippen molar-refractivity contribution in [2.75, 3.05) is 13.2 Å². The van der Waals surface area contributed by atoms with Crippen LogP contribution >= 0.6 is 0 Å². The highest BCUT2D eigenvalue weighted by molar-refractivity contribution is 5.69. The normalized spacial score (nSPS) is 38.7. The number of rotatable bonds is 1. The van der Waals surface area contributed by atoms with Gasteiger partial charge in [-0.3, -0.25) is 4.90 Å². The average Bonchev–Trinajstić information content (AvgIpc) is 2.94. The van der Waals surface area contributed by atoms with Gasteiger partial charge in [-0.05, 0) is 38.5 Å². The summed E-state index contributed by atoms with van der Waals surface area (Å²) < 4.78 is 11.2. The van der Waals surface area contributed by atoms with Gasteiger partial charge in [-0.15, -0.1) is 0 Å². The van der Waals surface area contributed by atoms with E-state index in [0.29, 0.717) is 19.1 Å². The van der Waals surface area contributed by atoms with Crippen LogP contribution in [0.5, 0.6) is 0 Å². The summed E-state index contributed by atoms with van der Waals surface area (Å²) in [5.74, 6) is 0.689. The molecule has 3 fully saturated rings. The summed E-state index contributed by atoms with van der Waals surface area (Å²) in [6.07, 6.45) is 3.99. The molecule has 2 unspecified atom stereocenters. The molecule has 1 amide bonds. The van der Waals surface area contributed by atoms with Crippen molar-refractivity contribution in [3.05, 3.63) is 0 Å². The maximum absolute atomic E-state index is 12.2. The fourth-order valence-corrected chi connectivity index (χ4v) is 3.03. The summed E-state index contributed by atoms with van der Waals surface area (Å²) in [5, 5.41) is 0. The van der Waals surface area contributed by atoms with Gasteiger partial charge in [0.1, 0.15) is 5.60 Å². The molecule has 0 spiro atoms. The second-order valence-electron chi connectivity index (χ2n) is 6.15. The van der Waals surface area contributed by atoms with Gasteiger partial charge in [0.2, 0.25) is 0 Å². The number of carbonyl (C=O) groups is 1. The fraction of sp³-hybridized carbons (Fsp3) is 0.923. The topological polar surface area (TPSA) is 38.8 Å². The molecule has 17 heavy (non-hydrogen) atoms. The van der Waals surface area contributed by atoms with Gasteiger partial charge in [-0.25, -0.2) is 4.79 Å². The van der Waals surface area contributed by atoms with E-state index in [0.717, 1.165) is 25.7 Å². The minimum absolute atomic E-state index is 0.116. The first kappa shape index (κ1) is 11.3. The highest BCUT2D eigenvalue weighted by atomic mass is 16.6. The Morgan fingerprint density at radius 2 is 1.88 bits per heavy atom. The molecule has 3 aliphatic rings. The molecule has 0 radical (unpaired) electrons. The summed E-state index contributed by atoms with van der Waals surface area (Å²) in [4.78, 5) is 14.2. The molecule has 1 saturated carbocycles. The molecule has 0 aromatic carbocycles. The SMILES string of the molecule is CC1CC2COCC(C1)N2C(=O)OC1(C)CC1. The largest absolute Gasteiger partial charge is 0.443 e. The van der Waals surface area contributed by atoms with Gasteiger partial charge < -0.3 is 9.47 Å². The van der Waals surface area contributed by atoms with Crippen LogP contribution in [0.4, 0.5) is 4.79 Å². The zero-order chi connectivity index (χ0) is 12.0. The van der Waals surface area contributed by atoms with Crippen LogP contribution in [0.2, 0.25) is 0 Å². The molecule has 2 saturated heterocycles. The number of nitrogens with zero attached hydrogens (tertiary/aromatic N) is 1. The number of hydrogen-bond acceptors (Lipinski definition) is 3. The molecule has 2 atom stereocenters. The molecule has 0 N–H and O–H groups in total. The Bertz CT molecular complexity index is 313. The van der Waals surface area contributed by atoms with E-state index < -0.39 is 0 Å². The van der Waals surface area contributed by atoms with E-state index in [2.05, 4.69) is 6.92 Å². The summed E-state index contributed by atoms with van der Waals surface area (Å²) >= 11 is 0. The molecule has 2 bridgehead atoms. The summed E-state index contributed by atoms with van der Waals surface area (Å²) in [6, 6.07) is 0.458. The van der Waals surface area contributed by atoms with E-state index in [1.165, 1.54) is 0 Å². The van der Waals surface area contributed by atoms with Crippen molar-refractivity contribution in [3.8, 4) is 0 Å². The number of morpholine rings is 1. The predicted octanol–water partition coefficient (Wildman–Crippen LogP) is 2.17. The van der Waals surface area contributed by atoms with E-state index in [9.17, 15) is 4.79 Å². The third-order valence-electron chi connectivity index (χ3n) is 4.25. The Kier molecular flexibility index (Phi) is 2.58. The van der Waals surface area contributed by atoms with Crippen LogP contribution in [0.1, 0.15) is 39.5 Å².